The van der Waals surface area contributed by atoms with E-state index >= 15 is 0 Å². The van der Waals surface area contributed by atoms with Crippen LogP contribution in [-0.4, -0.2) is 36.3 Å². The Labute approximate surface area is 142 Å². The second-order valence-electron chi connectivity index (χ2n) is 6.00. The van der Waals surface area contributed by atoms with E-state index in [1.54, 1.807) is 12.0 Å². The van der Waals surface area contributed by atoms with E-state index in [0.717, 1.165) is 24.2 Å². The van der Waals surface area contributed by atoms with Gasteiger partial charge in [-0.2, -0.15) is 0 Å². The first-order chi connectivity index (χ1) is 11.7. The van der Waals surface area contributed by atoms with Crippen molar-refractivity contribution in [1.29, 1.82) is 0 Å². The Morgan fingerprint density at radius 2 is 1.79 bits per heavy atom. The number of nitrogens with zero attached hydrogens (tertiary/aromatic N) is 1. The average molecular weight is 323 g/mol. The molecule has 1 saturated heterocycles. The molecular formula is C20H21NO3. The average Bonchev–Trinajstić information content (AvgIpc) is 3.12. The fourth-order valence-corrected chi connectivity index (χ4v) is 3.15. The van der Waals surface area contributed by atoms with E-state index in [9.17, 15) is 9.59 Å². The summed E-state index contributed by atoms with van der Waals surface area (Å²) >= 11 is 0. The second-order valence-corrected chi connectivity index (χ2v) is 6.00. The van der Waals surface area contributed by atoms with Crippen LogP contribution in [0.15, 0.2) is 54.6 Å². The summed E-state index contributed by atoms with van der Waals surface area (Å²) in [5, 5.41) is 0. The quantitative estimate of drug-likeness (QED) is 0.794. The molecule has 0 bridgehead atoms. The summed E-state index contributed by atoms with van der Waals surface area (Å²) in [4.78, 5) is 27.1. The van der Waals surface area contributed by atoms with E-state index in [1.807, 2.05) is 54.6 Å². The molecule has 0 N–H and O–H groups in total. The van der Waals surface area contributed by atoms with E-state index in [-0.39, 0.29) is 17.7 Å². The molecular weight excluding hydrogens is 302 g/mol. The van der Waals surface area contributed by atoms with Crippen molar-refractivity contribution in [2.24, 2.45) is 0 Å². The van der Waals surface area contributed by atoms with Crippen LogP contribution in [0.4, 0.5) is 0 Å². The van der Waals surface area contributed by atoms with Gasteiger partial charge in [0.15, 0.2) is 5.78 Å². The molecule has 0 saturated carbocycles. The fraction of sp³-hybridized carbons (Fsp3) is 0.300. The SMILES string of the molecule is COc1ccc(CC(=O)N2CCCC2C(=O)c2ccccc2)cc1. The van der Waals surface area contributed by atoms with E-state index in [4.69, 9.17) is 4.74 Å². The molecule has 1 unspecified atom stereocenters. The lowest BCUT2D eigenvalue weighted by Crippen LogP contribution is -2.41. The summed E-state index contributed by atoms with van der Waals surface area (Å²) in [7, 11) is 1.62. The van der Waals surface area contributed by atoms with Crippen molar-refractivity contribution in [1.82, 2.24) is 4.90 Å². The standard InChI is InChI=1S/C20H21NO3/c1-24-17-11-9-15(10-12-17)14-19(22)21-13-5-8-18(21)20(23)16-6-3-2-4-7-16/h2-4,6-7,9-12,18H,5,8,13-14H2,1H3. The van der Waals surface area contributed by atoms with Gasteiger partial charge < -0.3 is 9.64 Å². The highest BCUT2D eigenvalue weighted by atomic mass is 16.5. The third-order valence-electron chi connectivity index (χ3n) is 4.45. The topological polar surface area (TPSA) is 46.6 Å². The number of rotatable bonds is 5. The number of amides is 1. The smallest absolute Gasteiger partial charge is 0.227 e. The van der Waals surface area contributed by atoms with Crippen LogP contribution >= 0.6 is 0 Å². The molecule has 1 heterocycles. The number of Topliss-reactive ketones (excluding diaryl/α,β-unsaturated/α-hetero) is 1. The zero-order valence-electron chi connectivity index (χ0n) is 13.8. The molecule has 1 aliphatic rings. The van der Waals surface area contributed by atoms with E-state index in [0.29, 0.717) is 18.5 Å². The van der Waals surface area contributed by atoms with Crippen molar-refractivity contribution in [3.63, 3.8) is 0 Å². The maximum absolute atomic E-state index is 12.7. The molecule has 0 radical (unpaired) electrons. The van der Waals surface area contributed by atoms with Gasteiger partial charge in [0.05, 0.1) is 19.6 Å². The van der Waals surface area contributed by atoms with Crippen LogP contribution < -0.4 is 4.74 Å². The van der Waals surface area contributed by atoms with Gasteiger partial charge >= 0.3 is 0 Å². The number of hydrogen-bond donors (Lipinski definition) is 0. The summed E-state index contributed by atoms with van der Waals surface area (Å²) in [6.07, 6.45) is 1.92. The Balaban J connectivity index is 1.70. The van der Waals surface area contributed by atoms with Crippen molar-refractivity contribution in [3.8, 4) is 5.75 Å². The van der Waals surface area contributed by atoms with Crippen molar-refractivity contribution in [2.45, 2.75) is 25.3 Å². The van der Waals surface area contributed by atoms with Gasteiger partial charge in [-0.15, -0.1) is 0 Å². The molecule has 124 valence electrons. The lowest BCUT2D eigenvalue weighted by atomic mass is 10.0. The Morgan fingerprint density at radius 1 is 1.08 bits per heavy atom. The lowest BCUT2D eigenvalue weighted by molar-refractivity contribution is -0.130. The van der Waals surface area contributed by atoms with Crippen LogP contribution in [0.1, 0.15) is 28.8 Å². The minimum Gasteiger partial charge on any atom is -0.497 e. The Morgan fingerprint density at radius 3 is 2.46 bits per heavy atom. The summed E-state index contributed by atoms with van der Waals surface area (Å²) in [5.41, 5.74) is 1.60. The predicted octanol–water partition coefficient (Wildman–Crippen LogP) is 3.11. The Kier molecular flexibility index (Phi) is 4.94. The molecule has 4 nitrogen and oxygen atoms in total. The molecule has 2 aromatic carbocycles. The van der Waals surface area contributed by atoms with Crippen molar-refractivity contribution in [3.05, 3.63) is 65.7 Å². The van der Waals surface area contributed by atoms with E-state index < -0.39 is 0 Å². The number of ketones is 1. The van der Waals surface area contributed by atoms with Gasteiger partial charge in [0, 0.05) is 12.1 Å². The molecule has 1 amide bonds. The second kappa shape index (κ2) is 7.30. The minimum atomic E-state index is -0.335. The molecule has 0 aliphatic carbocycles. The van der Waals surface area contributed by atoms with Crippen molar-refractivity contribution >= 4 is 11.7 Å². The predicted molar refractivity (Wildman–Crippen MR) is 92.2 cm³/mol. The number of carbonyl (C=O) groups is 2. The number of hydrogen-bond acceptors (Lipinski definition) is 3. The highest BCUT2D eigenvalue weighted by molar-refractivity contribution is 6.02. The summed E-state index contributed by atoms with van der Waals surface area (Å²) < 4.78 is 5.13. The van der Waals surface area contributed by atoms with Gasteiger partial charge in [0.25, 0.3) is 0 Å². The van der Waals surface area contributed by atoms with Crippen LogP contribution in [0, 0.1) is 0 Å². The number of ether oxygens (including phenoxy) is 1. The highest BCUT2D eigenvalue weighted by Crippen LogP contribution is 2.23. The number of carbonyl (C=O) groups excluding carboxylic acids is 2. The van der Waals surface area contributed by atoms with Gasteiger partial charge in [-0.3, -0.25) is 9.59 Å². The van der Waals surface area contributed by atoms with Crippen LogP contribution in [0.25, 0.3) is 0 Å². The fourth-order valence-electron chi connectivity index (χ4n) is 3.15. The molecule has 1 atom stereocenters. The zero-order valence-corrected chi connectivity index (χ0v) is 13.8. The summed E-state index contributed by atoms with van der Waals surface area (Å²) in [6.45, 7) is 0.651. The van der Waals surface area contributed by atoms with Crippen LogP contribution in [-0.2, 0) is 11.2 Å². The van der Waals surface area contributed by atoms with Crippen molar-refractivity contribution < 1.29 is 14.3 Å². The maximum atomic E-state index is 12.7. The van der Waals surface area contributed by atoms with Crippen LogP contribution in [0.3, 0.4) is 0 Å². The monoisotopic (exact) mass is 323 g/mol. The first-order valence-electron chi connectivity index (χ1n) is 8.20. The first kappa shape index (κ1) is 16.2. The molecule has 0 spiro atoms. The molecule has 24 heavy (non-hydrogen) atoms. The van der Waals surface area contributed by atoms with Gasteiger partial charge in [-0.05, 0) is 30.5 Å². The zero-order chi connectivity index (χ0) is 16.9. The molecule has 3 rings (SSSR count). The van der Waals surface area contributed by atoms with Gasteiger partial charge in [0.2, 0.25) is 5.91 Å². The Bertz CT molecular complexity index is 709. The molecule has 1 aliphatic heterocycles. The number of methoxy groups -OCH3 is 1. The third-order valence-corrected chi connectivity index (χ3v) is 4.45. The normalized spacial score (nSPS) is 16.9. The van der Waals surface area contributed by atoms with Gasteiger partial charge in [0.1, 0.15) is 5.75 Å². The summed E-state index contributed by atoms with van der Waals surface area (Å²) in [5.74, 6) is 0.813. The molecule has 2 aromatic rings. The molecule has 0 aromatic heterocycles. The first-order valence-corrected chi connectivity index (χ1v) is 8.20. The van der Waals surface area contributed by atoms with Gasteiger partial charge in [-0.1, -0.05) is 42.5 Å². The molecule has 4 heteroatoms. The van der Waals surface area contributed by atoms with E-state index in [1.165, 1.54) is 0 Å². The Hall–Kier alpha value is -2.62. The van der Waals surface area contributed by atoms with Crippen LogP contribution in [0.2, 0.25) is 0 Å². The number of likely N-dealkylation sites (tertiary alicyclic amines) is 1. The van der Waals surface area contributed by atoms with Crippen molar-refractivity contribution in [2.75, 3.05) is 13.7 Å². The third kappa shape index (κ3) is 3.48. The maximum Gasteiger partial charge on any atom is 0.227 e. The summed E-state index contributed by atoms with van der Waals surface area (Å²) in [6, 6.07) is 16.4. The van der Waals surface area contributed by atoms with E-state index in [2.05, 4.69) is 0 Å². The highest BCUT2D eigenvalue weighted by Gasteiger charge is 2.34. The largest absolute Gasteiger partial charge is 0.497 e. The molecule has 1 fully saturated rings. The lowest BCUT2D eigenvalue weighted by Gasteiger charge is -2.24. The van der Waals surface area contributed by atoms with Gasteiger partial charge in [-0.25, -0.2) is 0 Å². The number of benzene rings is 2. The van der Waals surface area contributed by atoms with Crippen LogP contribution in [0.5, 0.6) is 5.75 Å². The minimum absolute atomic E-state index is 0.00643.